The van der Waals surface area contributed by atoms with Gasteiger partial charge in [-0.3, -0.25) is 4.90 Å². The molecule has 0 radical (unpaired) electrons. The van der Waals surface area contributed by atoms with E-state index < -0.39 is 0 Å². The first-order valence-corrected chi connectivity index (χ1v) is 4.85. The van der Waals surface area contributed by atoms with E-state index in [0.717, 1.165) is 6.21 Å². The lowest BCUT2D eigenvalue weighted by Crippen LogP contribution is -2.45. The molecule has 0 fully saturated rings. The van der Waals surface area contributed by atoms with Crippen LogP contribution in [0.2, 0.25) is 0 Å². The number of aliphatic hydroxyl groups excluding tert-OH is 1. The smallest absolute Gasteiger partial charge is 0.134 e. The molecule has 2 N–H and O–H groups in total. The molecule has 0 aliphatic carbocycles. The molecule has 84 valence electrons. The Hall–Kier alpha value is -1.27. The number of likely N-dealkylation sites (N-methyl/N-ethyl adjacent to an activating group) is 1. The van der Waals surface area contributed by atoms with E-state index in [0.29, 0.717) is 5.57 Å². The first-order valence-electron chi connectivity index (χ1n) is 4.85. The van der Waals surface area contributed by atoms with Crippen molar-refractivity contribution >= 4 is 6.21 Å². The topological polar surface area (TPSA) is 47.3 Å². The molecule has 0 saturated heterocycles. The minimum atomic E-state index is -0.286. The molecule has 0 aromatic heterocycles. The van der Waals surface area contributed by atoms with E-state index in [1.807, 2.05) is 32.7 Å². The summed E-state index contributed by atoms with van der Waals surface area (Å²) in [5.41, 5.74) is 0.547. The Morgan fingerprint density at radius 3 is 2.27 bits per heavy atom. The maximum absolute atomic E-state index is 9.46. The van der Waals surface area contributed by atoms with Crippen molar-refractivity contribution < 1.29 is 5.11 Å². The molecule has 0 bridgehead atoms. The second kappa shape index (κ2) is 4.99. The Kier molecular flexibility index (Phi) is 4.57. The van der Waals surface area contributed by atoms with Crippen LogP contribution in [0.15, 0.2) is 11.3 Å². The second-order valence-electron chi connectivity index (χ2n) is 4.56. The Morgan fingerprint density at radius 1 is 1.53 bits per heavy atom. The van der Waals surface area contributed by atoms with Gasteiger partial charge in [0.05, 0.1) is 12.3 Å². The van der Waals surface area contributed by atoms with E-state index in [9.17, 15) is 5.11 Å². The molecule has 15 heavy (non-hydrogen) atoms. The highest BCUT2D eigenvalue weighted by Crippen LogP contribution is 2.19. The van der Waals surface area contributed by atoms with Gasteiger partial charge in [0.25, 0.3) is 0 Å². The summed E-state index contributed by atoms with van der Waals surface area (Å²) in [5, 5.41) is 16.4. The molecule has 0 heterocycles. The number of nitrogens with one attached hydrogen (secondary N) is 1. The van der Waals surface area contributed by atoms with Crippen LogP contribution in [0.3, 0.4) is 0 Å². The molecule has 0 aliphatic rings. The van der Waals surface area contributed by atoms with Gasteiger partial charge < -0.3 is 10.5 Å². The van der Waals surface area contributed by atoms with Crippen molar-refractivity contribution in [2.24, 2.45) is 0 Å². The Balaban J connectivity index is 5.13. The molecule has 1 atom stereocenters. The summed E-state index contributed by atoms with van der Waals surface area (Å²) in [6.45, 7) is 7.89. The van der Waals surface area contributed by atoms with E-state index in [2.05, 4.69) is 5.92 Å². The Labute approximate surface area is 92.3 Å². The number of hydrogen-bond acceptors (Lipinski definition) is 3. The zero-order valence-corrected chi connectivity index (χ0v) is 10.1. The predicted molar refractivity (Wildman–Crippen MR) is 64.2 cm³/mol. The van der Waals surface area contributed by atoms with E-state index in [1.54, 1.807) is 6.92 Å². The van der Waals surface area contributed by atoms with Crippen LogP contribution in [0.1, 0.15) is 27.7 Å². The van der Waals surface area contributed by atoms with Crippen molar-refractivity contribution in [1.82, 2.24) is 4.90 Å². The van der Waals surface area contributed by atoms with Crippen molar-refractivity contribution in [2.45, 2.75) is 39.3 Å². The van der Waals surface area contributed by atoms with Crippen molar-refractivity contribution in [3.8, 4) is 12.3 Å². The number of aliphatic hydroxyl groups is 1. The van der Waals surface area contributed by atoms with Crippen LogP contribution >= 0.6 is 0 Å². The van der Waals surface area contributed by atoms with E-state index in [1.165, 1.54) is 0 Å². The number of hydrogen-bond donors (Lipinski definition) is 2. The lowest BCUT2D eigenvalue weighted by Gasteiger charge is -2.36. The van der Waals surface area contributed by atoms with Crippen molar-refractivity contribution in [3.63, 3.8) is 0 Å². The molecule has 0 saturated carbocycles. The zero-order chi connectivity index (χ0) is 12.2. The lowest BCUT2D eigenvalue weighted by molar-refractivity contribution is 0.160. The van der Waals surface area contributed by atoms with Gasteiger partial charge in [0.15, 0.2) is 0 Å². The third kappa shape index (κ3) is 3.41. The lowest BCUT2D eigenvalue weighted by atomic mass is 9.99. The molecule has 1 unspecified atom stereocenters. The van der Waals surface area contributed by atoms with Gasteiger partial charge >= 0.3 is 0 Å². The summed E-state index contributed by atoms with van der Waals surface area (Å²) >= 11 is 0. The largest absolute Gasteiger partial charge is 0.506 e. The van der Waals surface area contributed by atoms with Gasteiger partial charge in [-0.2, -0.15) is 0 Å². The summed E-state index contributed by atoms with van der Waals surface area (Å²) in [7, 11) is 1.91. The van der Waals surface area contributed by atoms with Crippen LogP contribution < -0.4 is 0 Å². The summed E-state index contributed by atoms with van der Waals surface area (Å²) < 4.78 is 0. The molecule has 3 nitrogen and oxygen atoms in total. The van der Waals surface area contributed by atoms with E-state index in [-0.39, 0.29) is 17.3 Å². The summed E-state index contributed by atoms with van der Waals surface area (Å²) in [4.78, 5) is 1.99. The van der Waals surface area contributed by atoms with E-state index in [4.69, 9.17) is 11.8 Å². The Bertz CT molecular complexity index is 305. The van der Waals surface area contributed by atoms with Crippen molar-refractivity contribution in [2.75, 3.05) is 7.05 Å². The third-order valence-electron chi connectivity index (χ3n) is 2.55. The first-order chi connectivity index (χ1) is 6.75. The second-order valence-corrected chi connectivity index (χ2v) is 4.56. The quantitative estimate of drug-likeness (QED) is 0.424. The average Bonchev–Trinajstić information content (AvgIpc) is 2.15. The fraction of sp³-hybridized carbons (Fsp3) is 0.583. The fourth-order valence-electron chi connectivity index (χ4n) is 1.17. The van der Waals surface area contributed by atoms with Crippen molar-refractivity contribution in [3.05, 3.63) is 11.3 Å². The summed E-state index contributed by atoms with van der Waals surface area (Å²) in [6.07, 6.45) is 6.36. The molecule has 3 heteroatoms. The number of allylic oxidation sites excluding steroid dienone is 1. The molecule has 0 amide bonds. The highest BCUT2D eigenvalue weighted by Gasteiger charge is 2.26. The van der Waals surface area contributed by atoms with Crippen molar-refractivity contribution in [1.29, 1.82) is 5.41 Å². The fourth-order valence-corrected chi connectivity index (χ4v) is 1.17. The normalized spacial score (nSPS) is 15.5. The van der Waals surface area contributed by atoms with Crippen LogP contribution in [0.25, 0.3) is 0 Å². The van der Waals surface area contributed by atoms with Crippen LogP contribution in [0, 0.1) is 17.8 Å². The third-order valence-corrected chi connectivity index (χ3v) is 2.55. The van der Waals surface area contributed by atoms with Gasteiger partial charge in [-0.15, -0.1) is 6.42 Å². The standard InChI is InChI=1S/C12H20N2O/c1-7-10(9(2)11(15)8-13)14(6)12(3,4)5/h1,8,10,13,15H,2-6H3/b11-9+,13-8?. The van der Waals surface area contributed by atoms with Gasteiger partial charge in [0, 0.05) is 5.54 Å². The van der Waals surface area contributed by atoms with Gasteiger partial charge in [-0.25, -0.2) is 0 Å². The monoisotopic (exact) mass is 208 g/mol. The molecular formula is C12H20N2O. The molecule has 0 aromatic rings. The van der Waals surface area contributed by atoms with Gasteiger partial charge in [-0.05, 0) is 40.3 Å². The maximum atomic E-state index is 9.46. The molecule has 0 spiro atoms. The van der Waals surface area contributed by atoms with E-state index >= 15 is 0 Å². The molecule has 0 aliphatic heterocycles. The van der Waals surface area contributed by atoms with Gasteiger partial charge in [0.2, 0.25) is 0 Å². The predicted octanol–water partition coefficient (Wildman–Crippen LogP) is 2.20. The summed E-state index contributed by atoms with van der Waals surface area (Å²) in [5.74, 6) is 2.57. The van der Waals surface area contributed by atoms with Gasteiger partial charge in [0.1, 0.15) is 5.76 Å². The molecule has 0 aromatic carbocycles. The number of nitrogens with zero attached hydrogens (tertiary/aromatic N) is 1. The van der Waals surface area contributed by atoms with Crippen LogP contribution in [0.4, 0.5) is 0 Å². The first kappa shape index (κ1) is 13.7. The molecular weight excluding hydrogens is 188 g/mol. The van der Waals surface area contributed by atoms with Crippen LogP contribution in [-0.4, -0.2) is 34.8 Å². The maximum Gasteiger partial charge on any atom is 0.134 e. The highest BCUT2D eigenvalue weighted by atomic mass is 16.3. The zero-order valence-electron chi connectivity index (χ0n) is 10.1. The minimum absolute atomic E-state index is 0.0611. The highest BCUT2D eigenvalue weighted by molar-refractivity contribution is 5.74. The minimum Gasteiger partial charge on any atom is -0.506 e. The van der Waals surface area contributed by atoms with Crippen LogP contribution in [-0.2, 0) is 0 Å². The SMILES string of the molecule is C#CC(/C(C)=C(/O)C=N)N(C)C(C)(C)C. The molecule has 0 rings (SSSR count). The Morgan fingerprint density at radius 2 is 2.00 bits per heavy atom. The number of terminal acetylenes is 1. The summed E-state index contributed by atoms with van der Waals surface area (Å²) in [6, 6.07) is -0.286. The van der Waals surface area contributed by atoms with Crippen LogP contribution in [0.5, 0.6) is 0 Å². The number of rotatable bonds is 3. The average molecular weight is 208 g/mol. The van der Waals surface area contributed by atoms with Gasteiger partial charge in [-0.1, -0.05) is 5.92 Å².